The van der Waals surface area contributed by atoms with Crippen LogP contribution in [-0.4, -0.2) is 25.4 Å². The van der Waals surface area contributed by atoms with Gasteiger partial charge in [-0.3, -0.25) is 0 Å². The summed E-state index contributed by atoms with van der Waals surface area (Å²) in [5.41, 5.74) is 7.63. The third-order valence-corrected chi connectivity index (χ3v) is 6.69. The van der Waals surface area contributed by atoms with Gasteiger partial charge in [0, 0.05) is 28.1 Å². The first-order valence-electron chi connectivity index (χ1n) is 13.0. The number of aromatic hydroxyl groups is 1. The van der Waals surface area contributed by atoms with Crippen LogP contribution in [0.4, 0.5) is 28.4 Å². The second-order valence-corrected chi connectivity index (χ2v) is 9.89. The quantitative estimate of drug-likeness (QED) is 0.0245. The molecule has 0 fully saturated rings. The maximum Gasteiger partial charge on any atom is 0.152 e. The monoisotopic (exact) mass is 660 g/mol. The van der Waals surface area contributed by atoms with E-state index >= 15 is 0 Å². The summed E-state index contributed by atoms with van der Waals surface area (Å²) >= 11 is 1.58. The van der Waals surface area contributed by atoms with Crippen LogP contribution in [0.5, 0.6) is 17.2 Å². The molecule has 4 rings (SSSR count). The lowest BCUT2D eigenvalue weighted by Gasteiger charge is -2.12. The summed E-state index contributed by atoms with van der Waals surface area (Å²) < 4.78 is 21.3. The number of nitrogens with two attached hydrogens (primary N) is 2. The van der Waals surface area contributed by atoms with Crippen molar-refractivity contribution in [2.45, 2.75) is 23.6 Å². The predicted molar refractivity (Wildman–Crippen MR) is 163 cm³/mol. The number of phenolic OH excluding ortho intramolecular Hbond substituents is 1. The largest absolute Gasteiger partial charge is 0.505 e. The highest BCUT2D eigenvalue weighted by Gasteiger charge is 2.17. The fourth-order valence-corrected chi connectivity index (χ4v) is 4.68. The number of fused-ring (bicyclic) bond motifs is 1. The summed E-state index contributed by atoms with van der Waals surface area (Å²) in [6.45, 7) is 4.28. The second-order valence-electron chi connectivity index (χ2n) is 8.37. The van der Waals surface area contributed by atoms with Crippen LogP contribution < -0.4 is 21.1 Å². The number of ether oxygens (including phenoxy) is 2. The van der Waals surface area contributed by atoms with Crippen LogP contribution in [0.15, 0.2) is 90.9 Å². The molecule has 0 aliphatic carbocycles. The van der Waals surface area contributed by atoms with Crippen LogP contribution in [0, 0.1) is 0 Å². The molecule has 0 bridgehead atoms. The zero-order valence-corrected chi connectivity index (χ0v) is 25.7. The summed E-state index contributed by atoms with van der Waals surface area (Å²) in [4.78, 5) is 9.27. The lowest BCUT2D eigenvalue weighted by Crippen LogP contribution is -1.97. The minimum Gasteiger partial charge on any atom is -0.505 e. The minimum atomic E-state index is -0.194. The van der Waals surface area contributed by atoms with Crippen molar-refractivity contribution in [3.05, 3.63) is 60.7 Å². The molecular formula is C27H28N6O10S2. The Morgan fingerprint density at radius 3 is 2.18 bits per heavy atom. The van der Waals surface area contributed by atoms with E-state index in [1.165, 1.54) is 7.11 Å². The highest BCUT2D eigenvalue weighted by Crippen LogP contribution is 2.46. The third-order valence-electron chi connectivity index (χ3n) is 5.51. The third kappa shape index (κ3) is 9.45. The van der Waals surface area contributed by atoms with Gasteiger partial charge in [0.1, 0.15) is 28.6 Å². The van der Waals surface area contributed by atoms with Crippen LogP contribution in [0.25, 0.3) is 10.8 Å². The molecule has 0 heterocycles. The highest BCUT2D eigenvalue weighted by atomic mass is 32.2. The van der Waals surface area contributed by atoms with Gasteiger partial charge < -0.3 is 20.3 Å². The number of benzene rings is 4. The Bertz CT molecular complexity index is 1650. The molecule has 0 amide bonds. The van der Waals surface area contributed by atoms with Gasteiger partial charge in [-0.25, -0.2) is 4.89 Å². The summed E-state index contributed by atoms with van der Waals surface area (Å²) in [6.07, 6.45) is 0. The van der Waals surface area contributed by atoms with Crippen LogP contribution in [0.1, 0.15) is 13.8 Å². The molecule has 0 spiro atoms. The van der Waals surface area contributed by atoms with Crippen molar-refractivity contribution in [1.82, 2.24) is 0 Å². The molecule has 0 atom stereocenters. The van der Waals surface area contributed by atoms with Crippen LogP contribution in [-0.2, 0) is 33.7 Å². The molecule has 0 aliphatic heterocycles. The lowest BCUT2D eigenvalue weighted by atomic mass is 10.1. The van der Waals surface area contributed by atoms with Crippen molar-refractivity contribution < 1.29 is 48.2 Å². The standard InChI is InChI=1S/C27H28N6O10S2/c1-4-36-23-15-22(32-33-26-25(45-42-40-38-29)11-16-9-10-17(28)12-20(16)27(26)34)24(37-5-2)14-21(23)31-30-18-7-6-8-19(13-18)44-43-41-39-35-3/h6-15,34H,4-5,28-29H2,1-3H3. The molecule has 4 aromatic rings. The predicted octanol–water partition coefficient (Wildman–Crippen LogP) is 7.96. The van der Waals surface area contributed by atoms with E-state index in [0.717, 1.165) is 12.0 Å². The number of hydrogen-bond donors (Lipinski definition) is 3. The molecule has 0 aromatic heterocycles. The maximum atomic E-state index is 11.1. The number of anilines is 1. The Balaban J connectivity index is 1.69. The first-order chi connectivity index (χ1) is 22.0. The number of phenols is 1. The van der Waals surface area contributed by atoms with E-state index in [1.807, 2.05) is 13.8 Å². The summed E-state index contributed by atoms with van der Waals surface area (Å²) in [5, 5.41) is 42.5. The fraction of sp³-hybridized carbons (Fsp3) is 0.185. The van der Waals surface area contributed by atoms with Gasteiger partial charge in [0.05, 0.1) is 55.0 Å². The van der Waals surface area contributed by atoms with Gasteiger partial charge in [0.25, 0.3) is 0 Å². The summed E-state index contributed by atoms with van der Waals surface area (Å²) in [7, 11) is 1.27. The molecule has 0 saturated heterocycles. The van der Waals surface area contributed by atoms with Crippen LogP contribution in [0.3, 0.4) is 0 Å². The van der Waals surface area contributed by atoms with E-state index < -0.39 is 0 Å². The Kier molecular flexibility index (Phi) is 13.1. The molecule has 0 unspecified atom stereocenters. The van der Waals surface area contributed by atoms with Gasteiger partial charge in [-0.2, -0.15) is 11.0 Å². The second kappa shape index (κ2) is 17.4. The zero-order chi connectivity index (χ0) is 32.0. The SMILES string of the molecule is CCOc1cc(N=Nc2c(SOOON)cc3ccc(N)cc3c2O)c(OCC)cc1N=Nc1cccc(SOOOOC)c1. The molecule has 0 saturated carbocycles. The molecular weight excluding hydrogens is 632 g/mol. The minimum absolute atomic E-state index is 0.0591. The summed E-state index contributed by atoms with van der Waals surface area (Å²) in [5.74, 6) is 5.36. The average molecular weight is 661 g/mol. The summed E-state index contributed by atoms with van der Waals surface area (Å²) in [6, 6.07) is 17.0. The number of nitrogen functional groups attached to an aromatic ring is 1. The Hall–Kier alpha value is -4.08. The van der Waals surface area contributed by atoms with Crippen molar-refractivity contribution in [1.29, 1.82) is 0 Å². The van der Waals surface area contributed by atoms with Crippen molar-refractivity contribution in [3.63, 3.8) is 0 Å². The van der Waals surface area contributed by atoms with Gasteiger partial charge in [0.2, 0.25) is 0 Å². The number of azo groups is 2. The molecule has 18 heteroatoms. The Morgan fingerprint density at radius 1 is 0.778 bits per heavy atom. The van der Waals surface area contributed by atoms with E-state index in [4.69, 9.17) is 29.8 Å². The Morgan fingerprint density at radius 2 is 1.49 bits per heavy atom. The van der Waals surface area contributed by atoms with Gasteiger partial charge in [0.15, 0.2) is 5.75 Å². The average Bonchev–Trinajstić information content (AvgIpc) is 3.04. The van der Waals surface area contributed by atoms with Crippen molar-refractivity contribution >= 4 is 63.3 Å². The lowest BCUT2D eigenvalue weighted by molar-refractivity contribution is -0.597. The first kappa shape index (κ1) is 33.8. The topological polar surface area (TPSA) is 205 Å². The van der Waals surface area contributed by atoms with E-state index in [-0.39, 0.29) is 11.4 Å². The van der Waals surface area contributed by atoms with Gasteiger partial charge in [-0.05, 0) is 70.7 Å². The van der Waals surface area contributed by atoms with Gasteiger partial charge in [-0.1, -0.05) is 12.1 Å². The molecule has 4 aromatic carbocycles. The number of hydrogen-bond acceptors (Lipinski definition) is 18. The molecule has 0 radical (unpaired) electrons. The molecule has 45 heavy (non-hydrogen) atoms. The van der Waals surface area contributed by atoms with Gasteiger partial charge in [-0.15, -0.1) is 29.0 Å². The maximum absolute atomic E-state index is 11.1. The molecule has 5 N–H and O–H groups in total. The van der Waals surface area contributed by atoms with Gasteiger partial charge >= 0.3 is 0 Å². The zero-order valence-electron chi connectivity index (χ0n) is 24.1. The van der Waals surface area contributed by atoms with E-state index in [9.17, 15) is 5.11 Å². The number of nitrogens with zero attached hydrogens (tertiary/aromatic N) is 4. The fourth-order valence-electron chi connectivity index (χ4n) is 3.73. The molecule has 0 aliphatic rings. The Labute approximate surface area is 265 Å². The van der Waals surface area contributed by atoms with Crippen molar-refractivity contribution in [2.75, 3.05) is 26.1 Å². The van der Waals surface area contributed by atoms with Crippen molar-refractivity contribution in [3.8, 4) is 17.2 Å². The smallest absolute Gasteiger partial charge is 0.152 e. The van der Waals surface area contributed by atoms with E-state index in [2.05, 4.69) is 45.4 Å². The molecule has 238 valence electrons. The van der Waals surface area contributed by atoms with Crippen LogP contribution in [0.2, 0.25) is 0 Å². The highest BCUT2D eigenvalue weighted by molar-refractivity contribution is 7.94. The normalized spacial score (nSPS) is 11.6. The first-order valence-corrected chi connectivity index (χ1v) is 14.5. The van der Waals surface area contributed by atoms with E-state index in [1.54, 1.807) is 60.7 Å². The van der Waals surface area contributed by atoms with Crippen LogP contribution >= 0.6 is 24.1 Å². The van der Waals surface area contributed by atoms with Crippen molar-refractivity contribution in [2.24, 2.45) is 26.4 Å². The molecule has 16 nitrogen and oxygen atoms in total. The van der Waals surface area contributed by atoms with E-state index in [0.29, 0.717) is 80.1 Å². The number of rotatable bonds is 17.